The molecule has 0 heterocycles. The maximum atomic E-state index is 10.0. The SMILES string of the molecule is CCCCCCOCCOCCOCCOCC(=O)[O-].[Na+]. The van der Waals surface area contributed by atoms with Gasteiger partial charge in [-0.3, -0.25) is 0 Å². The normalized spacial score (nSPS) is 10.3. The second kappa shape index (κ2) is 20.3. The van der Waals surface area contributed by atoms with Crippen molar-refractivity contribution in [3.05, 3.63) is 0 Å². The molecule has 0 saturated carbocycles. The molecule has 0 aliphatic heterocycles. The number of carboxylic acid groups (broad SMARTS) is 1. The summed E-state index contributed by atoms with van der Waals surface area (Å²) in [5.74, 6) is -1.22. The molecule has 120 valence electrons. The largest absolute Gasteiger partial charge is 1.00 e. The minimum atomic E-state index is -1.22. The first-order valence-electron chi connectivity index (χ1n) is 7.28. The van der Waals surface area contributed by atoms with E-state index >= 15 is 0 Å². The van der Waals surface area contributed by atoms with Gasteiger partial charge in [-0.15, -0.1) is 0 Å². The van der Waals surface area contributed by atoms with Gasteiger partial charge in [0, 0.05) is 6.61 Å². The fourth-order valence-corrected chi connectivity index (χ4v) is 1.45. The molecule has 7 heteroatoms. The molecule has 0 amide bonds. The number of hydrogen-bond donors (Lipinski definition) is 0. The Morgan fingerprint density at radius 2 is 1.24 bits per heavy atom. The number of ether oxygens (including phenoxy) is 4. The summed E-state index contributed by atoms with van der Waals surface area (Å²) in [6.07, 6.45) is 4.85. The van der Waals surface area contributed by atoms with Crippen LogP contribution in [0.3, 0.4) is 0 Å². The average Bonchev–Trinajstić information content (AvgIpc) is 2.43. The third-order valence-electron chi connectivity index (χ3n) is 2.48. The van der Waals surface area contributed by atoms with E-state index in [1.54, 1.807) is 0 Å². The maximum absolute atomic E-state index is 10.0. The summed E-state index contributed by atoms with van der Waals surface area (Å²) >= 11 is 0. The Bertz CT molecular complexity index is 216. The molecular weight excluding hydrogens is 287 g/mol. The summed E-state index contributed by atoms with van der Waals surface area (Å²) < 4.78 is 20.7. The molecule has 0 aliphatic carbocycles. The summed E-state index contributed by atoms with van der Waals surface area (Å²) in [5.41, 5.74) is 0. The van der Waals surface area contributed by atoms with Crippen LogP contribution in [0.1, 0.15) is 32.6 Å². The van der Waals surface area contributed by atoms with Crippen molar-refractivity contribution in [1.29, 1.82) is 0 Å². The minimum absolute atomic E-state index is 0. The van der Waals surface area contributed by atoms with Crippen molar-refractivity contribution in [1.82, 2.24) is 0 Å². The van der Waals surface area contributed by atoms with Crippen molar-refractivity contribution in [3.8, 4) is 0 Å². The first-order valence-corrected chi connectivity index (χ1v) is 7.28. The molecule has 0 aromatic carbocycles. The van der Waals surface area contributed by atoms with Crippen LogP contribution in [0.25, 0.3) is 0 Å². The Hall–Kier alpha value is 0.310. The van der Waals surface area contributed by atoms with Crippen LogP contribution in [0.4, 0.5) is 0 Å². The fourth-order valence-electron chi connectivity index (χ4n) is 1.45. The number of aliphatic carboxylic acids is 1. The van der Waals surface area contributed by atoms with E-state index in [0.29, 0.717) is 33.0 Å². The number of rotatable bonds is 16. The second-order valence-corrected chi connectivity index (χ2v) is 4.32. The fraction of sp³-hybridized carbons (Fsp3) is 0.929. The van der Waals surface area contributed by atoms with E-state index in [9.17, 15) is 9.90 Å². The van der Waals surface area contributed by atoms with Gasteiger partial charge in [-0.25, -0.2) is 0 Å². The summed E-state index contributed by atoms with van der Waals surface area (Å²) in [5, 5.41) is 10.0. The molecule has 0 bridgehead atoms. The first-order chi connectivity index (χ1) is 9.77. The Labute approximate surface area is 149 Å². The zero-order valence-corrected chi connectivity index (χ0v) is 15.4. The molecule has 0 aromatic heterocycles. The van der Waals surface area contributed by atoms with E-state index in [1.807, 2.05) is 0 Å². The Kier molecular flexibility index (Phi) is 22.8. The second-order valence-electron chi connectivity index (χ2n) is 4.32. The molecule has 21 heavy (non-hydrogen) atoms. The summed E-state index contributed by atoms with van der Waals surface area (Å²) in [6.45, 7) is 5.33. The standard InChI is InChI=1S/C14H28O6.Na/c1-2-3-4-5-6-17-7-8-18-9-10-19-11-12-20-13-14(15)16;/h2-13H2,1H3,(H,15,16);/q;+1/p-1. The Morgan fingerprint density at radius 1 is 0.762 bits per heavy atom. The molecule has 0 spiro atoms. The number of carbonyl (C=O) groups is 1. The third-order valence-corrected chi connectivity index (χ3v) is 2.48. The van der Waals surface area contributed by atoms with E-state index in [4.69, 9.17) is 18.9 Å². The third kappa shape index (κ3) is 22.7. The van der Waals surface area contributed by atoms with Crippen LogP contribution in [0.15, 0.2) is 0 Å². The molecule has 0 aliphatic rings. The van der Waals surface area contributed by atoms with Gasteiger partial charge in [-0.05, 0) is 6.42 Å². The quantitative estimate of drug-likeness (QED) is 0.229. The van der Waals surface area contributed by atoms with Gasteiger partial charge in [-0.1, -0.05) is 26.2 Å². The molecule has 0 atom stereocenters. The van der Waals surface area contributed by atoms with Gasteiger partial charge >= 0.3 is 29.6 Å². The minimum Gasteiger partial charge on any atom is -0.548 e. The Balaban J connectivity index is 0. The Morgan fingerprint density at radius 3 is 1.71 bits per heavy atom. The number of carbonyl (C=O) groups excluding carboxylic acids is 1. The van der Waals surface area contributed by atoms with Crippen molar-refractivity contribution in [2.75, 3.05) is 52.9 Å². The topological polar surface area (TPSA) is 77.0 Å². The summed E-state index contributed by atoms with van der Waals surface area (Å²) in [6, 6.07) is 0. The molecular formula is C14H27NaO6. The van der Waals surface area contributed by atoms with Gasteiger partial charge in [0.05, 0.1) is 52.2 Å². The average molecular weight is 314 g/mol. The van der Waals surface area contributed by atoms with E-state index in [0.717, 1.165) is 13.0 Å². The van der Waals surface area contributed by atoms with Crippen LogP contribution in [0.5, 0.6) is 0 Å². The van der Waals surface area contributed by atoms with E-state index in [1.165, 1.54) is 19.3 Å². The van der Waals surface area contributed by atoms with Gasteiger partial charge in [0.2, 0.25) is 0 Å². The van der Waals surface area contributed by atoms with Gasteiger partial charge in [0.25, 0.3) is 0 Å². The van der Waals surface area contributed by atoms with Gasteiger partial charge < -0.3 is 28.8 Å². The van der Waals surface area contributed by atoms with E-state index in [-0.39, 0.29) is 36.2 Å². The molecule has 0 rings (SSSR count). The van der Waals surface area contributed by atoms with Crippen molar-refractivity contribution in [2.45, 2.75) is 32.6 Å². The zero-order valence-electron chi connectivity index (χ0n) is 13.4. The molecule has 0 N–H and O–H groups in total. The van der Waals surface area contributed by atoms with E-state index < -0.39 is 12.6 Å². The van der Waals surface area contributed by atoms with Crippen molar-refractivity contribution in [2.24, 2.45) is 0 Å². The molecule has 0 fully saturated rings. The summed E-state index contributed by atoms with van der Waals surface area (Å²) in [4.78, 5) is 10.0. The van der Waals surface area contributed by atoms with Crippen LogP contribution < -0.4 is 34.7 Å². The van der Waals surface area contributed by atoms with Gasteiger partial charge in [0.15, 0.2) is 0 Å². The smallest absolute Gasteiger partial charge is 0.548 e. The summed E-state index contributed by atoms with van der Waals surface area (Å²) in [7, 11) is 0. The maximum Gasteiger partial charge on any atom is 1.00 e. The molecule has 0 radical (unpaired) electrons. The van der Waals surface area contributed by atoms with Crippen LogP contribution in [0, 0.1) is 0 Å². The van der Waals surface area contributed by atoms with Crippen LogP contribution >= 0.6 is 0 Å². The molecule has 6 nitrogen and oxygen atoms in total. The monoisotopic (exact) mass is 314 g/mol. The molecule has 0 saturated heterocycles. The van der Waals surface area contributed by atoms with Crippen LogP contribution in [-0.2, 0) is 23.7 Å². The van der Waals surface area contributed by atoms with E-state index in [2.05, 4.69) is 6.92 Å². The van der Waals surface area contributed by atoms with Gasteiger partial charge in [-0.2, -0.15) is 0 Å². The zero-order chi connectivity index (χ0) is 14.9. The predicted molar refractivity (Wildman–Crippen MR) is 72.4 cm³/mol. The van der Waals surface area contributed by atoms with Crippen molar-refractivity contribution in [3.63, 3.8) is 0 Å². The molecule has 0 unspecified atom stereocenters. The predicted octanol–water partition coefficient (Wildman–Crippen LogP) is -2.61. The van der Waals surface area contributed by atoms with Crippen LogP contribution in [-0.4, -0.2) is 58.8 Å². The van der Waals surface area contributed by atoms with Crippen molar-refractivity contribution < 1.29 is 58.4 Å². The first kappa shape index (κ1) is 23.6. The molecule has 0 aromatic rings. The number of unbranched alkanes of at least 4 members (excludes halogenated alkanes) is 3. The van der Waals surface area contributed by atoms with Crippen LogP contribution in [0.2, 0.25) is 0 Å². The van der Waals surface area contributed by atoms with Gasteiger partial charge in [0.1, 0.15) is 0 Å². The number of hydrogen-bond acceptors (Lipinski definition) is 6. The number of carboxylic acids is 1. The van der Waals surface area contributed by atoms with Crippen molar-refractivity contribution >= 4 is 5.97 Å².